The van der Waals surface area contributed by atoms with E-state index in [0.29, 0.717) is 41.7 Å². The summed E-state index contributed by atoms with van der Waals surface area (Å²) in [5, 5.41) is 8.69. The standard InChI is InChI=1S/C29H27N3O5/c1-3-36-25-14-7-6-13-24(25)31-28(33)29(34)32-30-18-20-15-16-26(27(17-20)35-2)37-19-22-11-8-10-21-9-4-5-12-23(21)22/h4-18H,3,19H2,1-2H3,(H,31,33)(H,32,34)/b30-18+. The predicted molar refractivity (Wildman–Crippen MR) is 143 cm³/mol. The SMILES string of the molecule is CCOc1ccccc1NC(=O)C(=O)N/N=C/c1ccc(OCc2cccc3ccccc23)c(OC)c1. The zero-order valence-electron chi connectivity index (χ0n) is 20.6. The number of para-hydroxylation sites is 2. The highest BCUT2D eigenvalue weighted by atomic mass is 16.5. The van der Waals surface area contributed by atoms with E-state index in [9.17, 15) is 9.59 Å². The zero-order valence-corrected chi connectivity index (χ0v) is 20.6. The molecule has 0 bridgehead atoms. The minimum Gasteiger partial charge on any atom is -0.493 e. The monoisotopic (exact) mass is 497 g/mol. The first-order valence-electron chi connectivity index (χ1n) is 11.7. The number of amides is 2. The van der Waals surface area contributed by atoms with E-state index in [4.69, 9.17) is 14.2 Å². The molecule has 37 heavy (non-hydrogen) atoms. The molecule has 0 saturated carbocycles. The van der Waals surface area contributed by atoms with Crippen LogP contribution in [0.1, 0.15) is 18.1 Å². The number of hydrazone groups is 1. The summed E-state index contributed by atoms with van der Waals surface area (Å²) < 4.78 is 17.0. The molecule has 0 aliphatic carbocycles. The first kappa shape index (κ1) is 25.2. The summed E-state index contributed by atoms with van der Waals surface area (Å²) >= 11 is 0. The number of rotatable bonds is 9. The van der Waals surface area contributed by atoms with Gasteiger partial charge in [0.15, 0.2) is 11.5 Å². The minimum atomic E-state index is -0.912. The molecule has 0 saturated heterocycles. The molecule has 0 aliphatic heterocycles. The van der Waals surface area contributed by atoms with Crippen LogP contribution in [0.2, 0.25) is 0 Å². The highest BCUT2D eigenvalue weighted by Gasteiger charge is 2.15. The first-order chi connectivity index (χ1) is 18.1. The van der Waals surface area contributed by atoms with Crippen molar-refractivity contribution in [3.05, 3.63) is 96.1 Å². The number of nitrogens with zero attached hydrogens (tertiary/aromatic N) is 1. The van der Waals surface area contributed by atoms with Gasteiger partial charge >= 0.3 is 11.8 Å². The van der Waals surface area contributed by atoms with Crippen LogP contribution in [0, 0.1) is 0 Å². The Labute approximate surface area is 214 Å². The number of methoxy groups -OCH3 is 1. The molecule has 8 nitrogen and oxygen atoms in total. The van der Waals surface area contributed by atoms with Gasteiger partial charge in [0.25, 0.3) is 0 Å². The van der Waals surface area contributed by atoms with Crippen LogP contribution in [0.25, 0.3) is 10.8 Å². The van der Waals surface area contributed by atoms with Crippen molar-refractivity contribution in [3.8, 4) is 17.2 Å². The van der Waals surface area contributed by atoms with Crippen LogP contribution in [-0.2, 0) is 16.2 Å². The molecule has 0 heterocycles. The topological polar surface area (TPSA) is 98.2 Å². The zero-order chi connectivity index (χ0) is 26.0. The van der Waals surface area contributed by atoms with Gasteiger partial charge in [-0.05, 0) is 59.2 Å². The molecule has 0 aliphatic rings. The van der Waals surface area contributed by atoms with E-state index in [1.807, 2.05) is 31.2 Å². The molecule has 0 aromatic heterocycles. The van der Waals surface area contributed by atoms with E-state index in [0.717, 1.165) is 16.3 Å². The van der Waals surface area contributed by atoms with Crippen LogP contribution in [0.3, 0.4) is 0 Å². The molecule has 0 spiro atoms. The van der Waals surface area contributed by atoms with Crippen LogP contribution in [0.5, 0.6) is 17.2 Å². The molecule has 4 rings (SSSR count). The van der Waals surface area contributed by atoms with Crippen LogP contribution < -0.4 is 25.0 Å². The molecule has 8 heteroatoms. The second-order valence-corrected chi connectivity index (χ2v) is 7.92. The normalized spacial score (nSPS) is 10.8. The number of carbonyl (C=O) groups excluding carboxylic acids is 2. The lowest BCUT2D eigenvalue weighted by Gasteiger charge is -2.12. The highest BCUT2D eigenvalue weighted by molar-refractivity contribution is 6.39. The number of carbonyl (C=O) groups is 2. The third kappa shape index (κ3) is 6.43. The van der Waals surface area contributed by atoms with E-state index < -0.39 is 11.8 Å². The average molecular weight is 498 g/mol. The lowest BCUT2D eigenvalue weighted by molar-refractivity contribution is -0.136. The molecule has 0 unspecified atom stereocenters. The first-order valence-corrected chi connectivity index (χ1v) is 11.7. The quantitative estimate of drug-likeness (QED) is 0.194. The van der Waals surface area contributed by atoms with Crippen molar-refractivity contribution in [3.63, 3.8) is 0 Å². The van der Waals surface area contributed by atoms with Gasteiger partial charge in [-0.1, -0.05) is 54.6 Å². The lowest BCUT2D eigenvalue weighted by atomic mass is 10.1. The van der Waals surface area contributed by atoms with Crippen LogP contribution in [-0.4, -0.2) is 31.7 Å². The molecule has 0 atom stereocenters. The van der Waals surface area contributed by atoms with Crippen molar-refractivity contribution in [2.24, 2.45) is 5.10 Å². The number of nitrogens with one attached hydrogen (secondary N) is 2. The summed E-state index contributed by atoms with van der Waals surface area (Å²) in [5.74, 6) is -0.210. The van der Waals surface area contributed by atoms with E-state index in [1.165, 1.54) is 6.21 Å². The van der Waals surface area contributed by atoms with Gasteiger partial charge in [0.2, 0.25) is 0 Å². The molecule has 188 valence electrons. The minimum absolute atomic E-state index is 0.378. The van der Waals surface area contributed by atoms with Crippen LogP contribution in [0.4, 0.5) is 5.69 Å². The fourth-order valence-corrected chi connectivity index (χ4v) is 3.70. The molecule has 4 aromatic rings. The summed E-state index contributed by atoms with van der Waals surface area (Å²) in [5.41, 5.74) is 4.34. The van der Waals surface area contributed by atoms with Gasteiger partial charge in [0.05, 0.1) is 25.6 Å². The molecule has 4 aromatic carbocycles. The third-order valence-electron chi connectivity index (χ3n) is 5.47. The molecule has 2 amide bonds. The van der Waals surface area contributed by atoms with Crippen molar-refractivity contribution < 1.29 is 23.8 Å². The van der Waals surface area contributed by atoms with Gasteiger partial charge < -0.3 is 19.5 Å². The Bertz CT molecular complexity index is 1430. The average Bonchev–Trinajstić information content (AvgIpc) is 2.93. The van der Waals surface area contributed by atoms with E-state index in [1.54, 1.807) is 49.6 Å². The van der Waals surface area contributed by atoms with Crippen molar-refractivity contribution in [2.45, 2.75) is 13.5 Å². The Morgan fingerprint density at radius 1 is 0.838 bits per heavy atom. The number of hydrogen-bond acceptors (Lipinski definition) is 6. The third-order valence-corrected chi connectivity index (χ3v) is 5.47. The van der Waals surface area contributed by atoms with Crippen LogP contribution in [0.15, 0.2) is 90.0 Å². The number of ether oxygens (including phenoxy) is 3. The maximum absolute atomic E-state index is 12.2. The van der Waals surface area contributed by atoms with Gasteiger partial charge in [-0.2, -0.15) is 5.10 Å². The summed E-state index contributed by atoms with van der Waals surface area (Å²) in [6, 6.07) is 26.4. The number of benzene rings is 4. The largest absolute Gasteiger partial charge is 0.493 e. The predicted octanol–water partition coefficient (Wildman–Crippen LogP) is 4.91. The van der Waals surface area contributed by atoms with Crippen molar-refractivity contribution in [1.82, 2.24) is 5.43 Å². The van der Waals surface area contributed by atoms with Crippen molar-refractivity contribution in [1.29, 1.82) is 0 Å². The maximum atomic E-state index is 12.2. The summed E-state index contributed by atoms with van der Waals surface area (Å²) in [6.45, 7) is 2.64. The highest BCUT2D eigenvalue weighted by Crippen LogP contribution is 2.29. The number of anilines is 1. The maximum Gasteiger partial charge on any atom is 0.329 e. The summed E-state index contributed by atoms with van der Waals surface area (Å²) in [7, 11) is 1.55. The molecular formula is C29H27N3O5. The Balaban J connectivity index is 1.36. The van der Waals surface area contributed by atoms with Gasteiger partial charge in [-0.15, -0.1) is 0 Å². The molecular weight excluding hydrogens is 470 g/mol. The van der Waals surface area contributed by atoms with E-state index >= 15 is 0 Å². The Hall–Kier alpha value is -4.85. The fraction of sp³-hybridized carbons (Fsp3) is 0.138. The fourth-order valence-electron chi connectivity index (χ4n) is 3.70. The smallest absolute Gasteiger partial charge is 0.329 e. The second-order valence-electron chi connectivity index (χ2n) is 7.92. The van der Waals surface area contributed by atoms with Crippen molar-refractivity contribution >= 4 is 34.5 Å². The molecule has 0 radical (unpaired) electrons. The second kappa shape index (κ2) is 12.2. The summed E-state index contributed by atoms with van der Waals surface area (Å²) in [4.78, 5) is 24.4. The van der Waals surface area contributed by atoms with Gasteiger partial charge in [-0.25, -0.2) is 5.43 Å². The Morgan fingerprint density at radius 2 is 1.62 bits per heavy atom. The van der Waals surface area contributed by atoms with Crippen molar-refractivity contribution in [2.75, 3.05) is 19.0 Å². The Kier molecular flexibility index (Phi) is 8.33. The Morgan fingerprint density at radius 3 is 2.46 bits per heavy atom. The van der Waals surface area contributed by atoms with E-state index in [2.05, 4.69) is 34.0 Å². The van der Waals surface area contributed by atoms with Gasteiger partial charge in [0.1, 0.15) is 12.4 Å². The van der Waals surface area contributed by atoms with E-state index in [-0.39, 0.29) is 0 Å². The molecule has 0 fully saturated rings. The lowest BCUT2D eigenvalue weighted by Crippen LogP contribution is -2.32. The summed E-state index contributed by atoms with van der Waals surface area (Å²) in [6.07, 6.45) is 1.41. The molecule has 2 N–H and O–H groups in total. The van der Waals surface area contributed by atoms with Crippen LogP contribution >= 0.6 is 0 Å². The van der Waals surface area contributed by atoms with Gasteiger partial charge in [0, 0.05) is 0 Å². The number of hydrogen-bond donors (Lipinski definition) is 2. The number of fused-ring (bicyclic) bond motifs is 1. The van der Waals surface area contributed by atoms with Gasteiger partial charge in [-0.3, -0.25) is 9.59 Å².